The van der Waals surface area contributed by atoms with Crippen molar-refractivity contribution in [1.29, 1.82) is 0 Å². The highest BCUT2D eigenvalue weighted by Crippen LogP contribution is 2.34. The average Bonchev–Trinajstić information content (AvgIpc) is 2.97. The Balaban J connectivity index is 1.57. The van der Waals surface area contributed by atoms with Crippen LogP contribution in [0.2, 0.25) is 0 Å². The predicted molar refractivity (Wildman–Crippen MR) is 72.2 cm³/mol. The first kappa shape index (κ1) is 12.5. The van der Waals surface area contributed by atoms with Crippen molar-refractivity contribution in [1.82, 2.24) is 10.6 Å². The second kappa shape index (κ2) is 4.84. The summed E-state index contributed by atoms with van der Waals surface area (Å²) in [5.74, 6) is 1.95. The Morgan fingerprint density at radius 1 is 1.17 bits per heavy atom. The van der Waals surface area contributed by atoms with Gasteiger partial charge in [0.25, 0.3) is 0 Å². The average molecular weight is 250 g/mol. The molecule has 0 spiro atoms. The molecule has 3 fully saturated rings. The zero-order valence-corrected chi connectivity index (χ0v) is 11.6. The van der Waals surface area contributed by atoms with Gasteiger partial charge in [0.1, 0.15) is 0 Å². The van der Waals surface area contributed by atoms with Crippen LogP contribution in [0, 0.1) is 17.8 Å². The van der Waals surface area contributed by atoms with Crippen LogP contribution in [-0.2, 0) is 4.79 Å². The Bertz CT molecular complexity index is 330. The molecule has 2 bridgehead atoms. The molecule has 3 heteroatoms. The summed E-state index contributed by atoms with van der Waals surface area (Å²) in [6.07, 6.45) is 7.29. The minimum atomic E-state index is 0.244. The summed E-state index contributed by atoms with van der Waals surface area (Å²) in [4.78, 5) is 12.4. The molecule has 0 aromatic rings. The van der Waals surface area contributed by atoms with E-state index in [1.54, 1.807) is 0 Å². The Morgan fingerprint density at radius 2 is 2.00 bits per heavy atom. The number of amides is 1. The van der Waals surface area contributed by atoms with Crippen molar-refractivity contribution in [2.24, 2.45) is 17.8 Å². The fourth-order valence-corrected chi connectivity index (χ4v) is 4.19. The van der Waals surface area contributed by atoms with E-state index in [4.69, 9.17) is 0 Å². The van der Waals surface area contributed by atoms with Crippen molar-refractivity contribution in [3.8, 4) is 0 Å². The van der Waals surface area contributed by atoms with Gasteiger partial charge in [0.15, 0.2) is 0 Å². The molecule has 0 aromatic carbocycles. The quantitative estimate of drug-likeness (QED) is 0.787. The van der Waals surface area contributed by atoms with Crippen LogP contribution >= 0.6 is 0 Å². The van der Waals surface area contributed by atoms with E-state index >= 15 is 0 Å². The van der Waals surface area contributed by atoms with E-state index in [1.807, 2.05) is 0 Å². The molecule has 3 aliphatic rings. The Kier molecular flexibility index (Phi) is 3.35. The maximum Gasteiger partial charge on any atom is 0.224 e. The van der Waals surface area contributed by atoms with Gasteiger partial charge in [0.05, 0.1) is 5.92 Å². The van der Waals surface area contributed by atoms with Gasteiger partial charge in [-0.1, -0.05) is 26.7 Å². The number of carbonyl (C=O) groups is 1. The van der Waals surface area contributed by atoms with E-state index in [0.29, 0.717) is 30.0 Å². The van der Waals surface area contributed by atoms with Crippen LogP contribution in [0.4, 0.5) is 0 Å². The number of fused-ring (bicyclic) bond motifs is 2. The van der Waals surface area contributed by atoms with Crippen LogP contribution in [0.3, 0.4) is 0 Å². The van der Waals surface area contributed by atoms with Crippen LogP contribution in [0.25, 0.3) is 0 Å². The minimum absolute atomic E-state index is 0.244. The Morgan fingerprint density at radius 3 is 2.67 bits per heavy atom. The summed E-state index contributed by atoms with van der Waals surface area (Å²) in [6, 6.07) is 1.50. The molecule has 1 amide bonds. The van der Waals surface area contributed by atoms with Gasteiger partial charge in [-0.3, -0.25) is 4.79 Å². The topological polar surface area (TPSA) is 41.1 Å². The van der Waals surface area contributed by atoms with Gasteiger partial charge in [-0.2, -0.15) is 0 Å². The molecule has 3 rings (SSSR count). The summed E-state index contributed by atoms with van der Waals surface area (Å²) in [6.45, 7) is 4.62. The van der Waals surface area contributed by atoms with Gasteiger partial charge in [-0.05, 0) is 37.5 Å². The molecule has 2 heterocycles. The van der Waals surface area contributed by atoms with E-state index in [1.165, 1.54) is 32.1 Å². The lowest BCUT2D eigenvalue weighted by atomic mass is 9.77. The third-order valence-corrected chi connectivity index (χ3v) is 5.67. The van der Waals surface area contributed by atoms with Crippen LogP contribution in [0.15, 0.2) is 0 Å². The molecular formula is C15H26N2O. The van der Waals surface area contributed by atoms with Crippen molar-refractivity contribution >= 4 is 5.91 Å². The lowest BCUT2D eigenvalue weighted by Gasteiger charge is -2.35. The van der Waals surface area contributed by atoms with Gasteiger partial charge in [0.2, 0.25) is 5.91 Å². The molecule has 1 saturated carbocycles. The first-order valence-electron chi connectivity index (χ1n) is 7.71. The van der Waals surface area contributed by atoms with Gasteiger partial charge in [-0.25, -0.2) is 0 Å². The highest BCUT2D eigenvalue weighted by Gasteiger charge is 2.43. The maximum absolute atomic E-state index is 12.4. The molecular weight excluding hydrogens is 224 g/mol. The highest BCUT2D eigenvalue weighted by molar-refractivity contribution is 5.80. The fourth-order valence-electron chi connectivity index (χ4n) is 4.19. The maximum atomic E-state index is 12.4. The number of hydrogen-bond acceptors (Lipinski definition) is 2. The van der Waals surface area contributed by atoms with Gasteiger partial charge in [-0.15, -0.1) is 0 Å². The Labute approximate surface area is 110 Å². The summed E-state index contributed by atoms with van der Waals surface area (Å²) < 4.78 is 0. The number of hydrogen-bond donors (Lipinski definition) is 2. The second-order valence-corrected chi connectivity index (χ2v) is 6.77. The molecule has 1 aliphatic carbocycles. The molecule has 2 N–H and O–H groups in total. The molecule has 0 radical (unpaired) electrons. The van der Waals surface area contributed by atoms with E-state index in [-0.39, 0.29) is 5.92 Å². The van der Waals surface area contributed by atoms with E-state index in [9.17, 15) is 4.79 Å². The second-order valence-electron chi connectivity index (χ2n) is 6.77. The molecule has 3 nitrogen and oxygen atoms in total. The van der Waals surface area contributed by atoms with Crippen LogP contribution in [0.1, 0.15) is 52.4 Å². The molecule has 6 atom stereocenters. The SMILES string of the molecule is CC1CCCC(NC(=O)C2CC3CCC2N3)C1C. The van der Waals surface area contributed by atoms with E-state index in [0.717, 1.165) is 12.3 Å². The zero-order chi connectivity index (χ0) is 12.7. The van der Waals surface area contributed by atoms with Crippen molar-refractivity contribution in [2.75, 3.05) is 0 Å². The number of nitrogens with one attached hydrogen (secondary N) is 2. The summed E-state index contributed by atoms with van der Waals surface area (Å²) in [5.41, 5.74) is 0. The van der Waals surface area contributed by atoms with Crippen LogP contribution < -0.4 is 10.6 Å². The third kappa shape index (κ3) is 2.18. The molecule has 2 saturated heterocycles. The summed E-state index contributed by atoms with van der Waals surface area (Å²) in [5, 5.41) is 6.90. The smallest absolute Gasteiger partial charge is 0.224 e. The van der Waals surface area contributed by atoms with Crippen molar-refractivity contribution in [3.05, 3.63) is 0 Å². The third-order valence-electron chi connectivity index (χ3n) is 5.67. The largest absolute Gasteiger partial charge is 0.353 e. The minimum Gasteiger partial charge on any atom is -0.353 e. The van der Waals surface area contributed by atoms with Crippen LogP contribution in [0.5, 0.6) is 0 Å². The summed E-state index contributed by atoms with van der Waals surface area (Å²) >= 11 is 0. The lowest BCUT2D eigenvalue weighted by Crippen LogP contribution is -2.47. The monoisotopic (exact) mass is 250 g/mol. The zero-order valence-electron chi connectivity index (χ0n) is 11.6. The first-order chi connectivity index (χ1) is 8.65. The molecule has 18 heavy (non-hydrogen) atoms. The molecule has 6 unspecified atom stereocenters. The normalized spacial score (nSPS) is 47.2. The van der Waals surface area contributed by atoms with Crippen LogP contribution in [-0.4, -0.2) is 24.0 Å². The molecule has 2 aliphatic heterocycles. The predicted octanol–water partition coefficient (Wildman–Crippen LogP) is 2.07. The van der Waals surface area contributed by atoms with Gasteiger partial charge < -0.3 is 10.6 Å². The van der Waals surface area contributed by atoms with Crippen molar-refractivity contribution < 1.29 is 4.79 Å². The number of rotatable bonds is 2. The van der Waals surface area contributed by atoms with E-state index in [2.05, 4.69) is 24.5 Å². The molecule has 0 aromatic heterocycles. The molecule has 102 valence electrons. The fraction of sp³-hybridized carbons (Fsp3) is 0.933. The van der Waals surface area contributed by atoms with Crippen molar-refractivity contribution in [3.63, 3.8) is 0 Å². The first-order valence-corrected chi connectivity index (χ1v) is 7.71. The highest BCUT2D eigenvalue weighted by atomic mass is 16.2. The standard InChI is InChI=1S/C15H26N2O/c1-9-4-3-5-13(10(9)2)17-15(18)12-8-11-6-7-14(12)16-11/h9-14,16H,3-8H2,1-2H3,(H,17,18). The van der Waals surface area contributed by atoms with Gasteiger partial charge >= 0.3 is 0 Å². The van der Waals surface area contributed by atoms with E-state index < -0.39 is 0 Å². The van der Waals surface area contributed by atoms with Gasteiger partial charge in [0, 0.05) is 18.1 Å². The Hall–Kier alpha value is -0.570. The summed E-state index contributed by atoms with van der Waals surface area (Å²) in [7, 11) is 0. The number of carbonyl (C=O) groups excluding carboxylic acids is 1. The van der Waals surface area contributed by atoms with Crippen molar-refractivity contribution in [2.45, 2.75) is 70.5 Å². The lowest BCUT2D eigenvalue weighted by molar-refractivity contribution is -0.127.